The maximum atomic E-state index is 4.51. The molecule has 2 aromatic rings. The number of rotatable bonds is 4. The lowest BCUT2D eigenvalue weighted by Gasteiger charge is -2.02. The van der Waals surface area contributed by atoms with E-state index in [1.807, 2.05) is 11.3 Å². The first-order valence-electron chi connectivity index (χ1n) is 5.33. The van der Waals surface area contributed by atoms with E-state index in [1.54, 1.807) is 11.3 Å². The molecule has 1 N–H and O–H groups in total. The van der Waals surface area contributed by atoms with Crippen LogP contribution in [0.3, 0.4) is 0 Å². The summed E-state index contributed by atoms with van der Waals surface area (Å²) in [7, 11) is 0. The molecule has 0 aliphatic heterocycles. The van der Waals surface area contributed by atoms with Crippen LogP contribution in [0.2, 0.25) is 0 Å². The molecule has 0 radical (unpaired) electrons. The Morgan fingerprint density at radius 1 is 1.25 bits per heavy atom. The quantitative estimate of drug-likeness (QED) is 0.902. The predicted octanol–water partition coefficient (Wildman–Crippen LogP) is 3.42. The second-order valence-electron chi connectivity index (χ2n) is 3.87. The maximum absolute atomic E-state index is 4.51. The van der Waals surface area contributed by atoms with Crippen LogP contribution in [0, 0.1) is 20.8 Å². The van der Waals surface area contributed by atoms with Crippen molar-refractivity contribution in [3.63, 3.8) is 0 Å². The zero-order valence-corrected chi connectivity index (χ0v) is 11.5. The second-order valence-corrected chi connectivity index (χ2v) is 6.27. The Hall–Kier alpha value is -0.710. The molecule has 0 aromatic carbocycles. The summed E-state index contributed by atoms with van der Waals surface area (Å²) in [4.78, 5) is 7.26. The largest absolute Gasteiger partial charge is 0.306 e. The highest BCUT2D eigenvalue weighted by Crippen LogP contribution is 2.17. The van der Waals surface area contributed by atoms with Crippen LogP contribution in [0.25, 0.3) is 0 Å². The number of thiophene rings is 1. The normalized spacial score (nSPS) is 10.9. The van der Waals surface area contributed by atoms with E-state index in [1.165, 1.54) is 21.0 Å². The van der Waals surface area contributed by atoms with E-state index in [9.17, 15) is 0 Å². The highest BCUT2D eigenvalue weighted by molar-refractivity contribution is 7.11. The van der Waals surface area contributed by atoms with Crippen molar-refractivity contribution < 1.29 is 0 Å². The monoisotopic (exact) mass is 252 g/mol. The molecule has 16 heavy (non-hydrogen) atoms. The summed E-state index contributed by atoms with van der Waals surface area (Å²) in [6.45, 7) is 8.17. The van der Waals surface area contributed by atoms with Crippen molar-refractivity contribution in [2.45, 2.75) is 33.9 Å². The number of nitrogens with zero attached hydrogens (tertiary/aromatic N) is 1. The van der Waals surface area contributed by atoms with E-state index in [0.717, 1.165) is 18.1 Å². The van der Waals surface area contributed by atoms with Gasteiger partial charge in [0.05, 0.1) is 10.7 Å². The molecule has 0 fully saturated rings. The summed E-state index contributed by atoms with van der Waals surface area (Å²) >= 11 is 3.59. The first-order valence-corrected chi connectivity index (χ1v) is 7.03. The fraction of sp³-hybridized carbons (Fsp3) is 0.417. The van der Waals surface area contributed by atoms with Crippen LogP contribution in [0.1, 0.15) is 26.0 Å². The Morgan fingerprint density at radius 2 is 2.06 bits per heavy atom. The standard InChI is InChI=1S/C12H16N2S2/c1-8-4-5-15-12(8)7-13-6-11-9(2)16-10(3)14-11/h4-5,13H,6-7H2,1-3H3. The van der Waals surface area contributed by atoms with Gasteiger partial charge in [0.2, 0.25) is 0 Å². The number of thiazole rings is 1. The Morgan fingerprint density at radius 3 is 2.62 bits per heavy atom. The number of aryl methyl sites for hydroxylation is 3. The molecule has 0 amide bonds. The summed E-state index contributed by atoms with van der Waals surface area (Å²) in [5.41, 5.74) is 2.57. The molecule has 0 aliphatic carbocycles. The summed E-state index contributed by atoms with van der Waals surface area (Å²) < 4.78 is 0. The summed E-state index contributed by atoms with van der Waals surface area (Å²) in [6.07, 6.45) is 0. The van der Waals surface area contributed by atoms with Crippen molar-refractivity contribution in [2.24, 2.45) is 0 Å². The van der Waals surface area contributed by atoms with Crippen molar-refractivity contribution in [1.82, 2.24) is 10.3 Å². The Labute approximate surface area is 104 Å². The molecule has 2 rings (SSSR count). The van der Waals surface area contributed by atoms with Gasteiger partial charge in [-0.05, 0) is 37.8 Å². The molecule has 0 bridgehead atoms. The molecule has 4 heteroatoms. The van der Waals surface area contributed by atoms with E-state index in [0.29, 0.717) is 0 Å². The van der Waals surface area contributed by atoms with Gasteiger partial charge in [0.15, 0.2) is 0 Å². The minimum atomic E-state index is 0.869. The molecule has 0 saturated heterocycles. The SMILES string of the molecule is Cc1nc(CNCc2sccc2C)c(C)s1. The number of hydrogen-bond donors (Lipinski definition) is 1. The molecular weight excluding hydrogens is 236 g/mol. The zero-order chi connectivity index (χ0) is 11.5. The third-order valence-electron chi connectivity index (χ3n) is 2.55. The van der Waals surface area contributed by atoms with Crippen LogP contribution in [0.15, 0.2) is 11.4 Å². The van der Waals surface area contributed by atoms with Gasteiger partial charge in [0.1, 0.15) is 0 Å². The van der Waals surface area contributed by atoms with Crippen molar-refractivity contribution >= 4 is 22.7 Å². The van der Waals surface area contributed by atoms with Gasteiger partial charge >= 0.3 is 0 Å². The molecule has 0 atom stereocenters. The van der Waals surface area contributed by atoms with Gasteiger partial charge < -0.3 is 5.32 Å². The van der Waals surface area contributed by atoms with Gasteiger partial charge in [-0.2, -0.15) is 0 Å². The van der Waals surface area contributed by atoms with Crippen LogP contribution in [0.5, 0.6) is 0 Å². The summed E-state index contributed by atoms with van der Waals surface area (Å²) in [5.74, 6) is 0. The first kappa shape index (κ1) is 11.8. The maximum Gasteiger partial charge on any atom is 0.0900 e. The minimum absolute atomic E-state index is 0.869. The molecular formula is C12H16N2S2. The molecule has 0 aliphatic rings. The van der Waals surface area contributed by atoms with E-state index < -0.39 is 0 Å². The molecule has 2 aromatic heterocycles. The third-order valence-corrected chi connectivity index (χ3v) is 4.50. The van der Waals surface area contributed by atoms with E-state index in [-0.39, 0.29) is 0 Å². The van der Waals surface area contributed by atoms with Crippen LogP contribution in [0.4, 0.5) is 0 Å². The topological polar surface area (TPSA) is 24.9 Å². The van der Waals surface area contributed by atoms with Gasteiger partial charge in [-0.15, -0.1) is 22.7 Å². The van der Waals surface area contributed by atoms with Gasteiger partial charge in [-0.25, -0.2) is 4.98 Å². The summed E-state index contributed by atoms with van der Waals surface area (Å²) in [6, 6.07) is 2.17. The van der Waals surface area contributed by atoms with Gasteiger partial charge in [-0.1, -0.05) is 0 Å². The molecule has 0 spiro atoms. The molecule has 86 valence electrons. The average molecular weight is 252 g/mol. The van der Waals surface area contributed by atoms with Gasteiger partial charge in [0.25, 0.3) is 0 Å². The lowest BCUT2D eigenvalue weighted by Crippen LogP contribution is -2.13. The Kier molecular flexibility index (Phi) is 3.74. The van der Waals surface area contributed by atoms with Crippen molar-refractivity contribution in [1.29, 1.82) is 0 Å². The minimum Gasteiger partial charge on any atom is -0.306 e. The van der Waals surface area contributed by atoms with Crippen LogP contribution in [-0.4, -0.2) is 4.98 Å². The highest BCUT2D eigenvalue weighted by atomic mass is 32.1. The van der Waals surface area contributed by atoms with Gasteiger partial charge in [-0.3, -0.25) is 0 Å². The lowest BCUT2D eigenvalue weighted by molar-refractivity contribution is 0.684. The van der Waals surface area contributed by atoms with E-state index >= 15 is 0 Å². The third kappa shape index (κ3) is 2.70. The van der Waals surface area contributed by atoms with E-state index in [4.69, 9.17) is 0 Å². The fourth-order valence-electron chi connectivity index (χ4n) is 1.62. The van der Waals surface area contributed by atoms with Gasteiger partial charge in [0, 0.05) is 22.8 Å². The van der Waals surface area contributed by atoms with Crippen LogP contribution >= 0.6 is 22.7 Å². The van der Waals surface area contributed by atoms with Crippen LogP contribution in [-0.2, 0) is 13.1 Å². The van der Waals surface area contributed by atoms with Crippen molar-refractivity contribution in [3.8, 4) is 0 Å². The van der Waals surface area contributed by atoms with Crippen molar-refractivity contribution in [2.75, 3.05) is 0 Å². The smallest absolute Gasteiger partial charge is 0.0900 e. The second kappa shape index (κ2) is 5.08. The Balaban J connectivity index is 1.89. The van der Waals surface area contributed by atoms with E-state index in [2.05, 4.69) is 42.5 Å². The predicted molar refractivity (Wildman–Crippen MR) is 71.2 cm³/mol. The number of aromatic nitrogens is 1. The lowest BCUT2D eigenvalue weighted by atomic mass is 10.3. The van der Waals surface area contributed by atoms with Crippen LogP contribution < -0.4 is 5.32 Å². The average Bonchev–Trinajstić information content (AvgIpc) is 2.75. The molecule has 2 nitrogen and oxygen atoms in total. The Bertz CT molecular complexity index is 471. The fourth-order valence-corrected chi connectivity index (χ4v) is 3.33. The first-order chi connectivity index (χ1) is 7.66. The molecule has 2 heterocycles. The highest BCUT2D eigenvalue weighted by Gasteiger charge is 2.05. The number of nitrogens with one attached hydrogen (secondary N) is 1. The zero-order valence-electron chi connectivity index (χ0n) is 9.83. The summed E-state index contributed by atoms with van der Waals surface area (Å²) in [5, 5.41) is 6.75. The molecule has 0 unspecified atom stereocenters. The number of hydrogen-bond acceptors (Lipinski definition) is 4. The van der Waals surface area contributed by atoms with Crippen molar-refractivity contribution in [3.05, 3.63) is 37.5 Å². The molecule has 0 saturated carbocycles.